The van der Waals surface area contributed by atoms with Crippen LogP contribution in [0.5, 0.6) is 0 Å². The van der Waals surface area contributed by atoms with Crippen molar-refractivity contribution in [1.29, 1.82) is 0 Å². The summed E-state index contributed by atoms with van der Waals surface area (Å²) in [5.74, 6) is 0.427. The summed E-state index contributed by atoms with van der Waals surface area (Å²) in [6.07, 6.45) is 0.611. The summed E-state index contributed by atoms with van der Waals surface area (Å²) in [6, 6.07) is 0. The van der Waals surface area contributed by atoms with E-state index >= 15 is 0 Å². The van der Waals surface area contributed by atoms with Crippen LogP contribution in [0.3, 0.4) is 0 Å². The molecule has 0 saturated carbocycles. The molecule has 14 heavy (non-hydrogen) atoms. The molecule has 0 saturated heterocycles. The van der Waals surface area contributed by atoms with Gasteiger partial charge in [-0.15, -0.1) is 0 Å². The average Bonchev–Trinajstić information content (AvgIpc) is 1.78. The monoisotopic (exact) mass is 201 g/mol. The number of aliphatic hydroxyl groups excluding tert-OH is 1. The largest absolute Gasteiger partial charge is 0.396 e. The predicted octanol–water partition coefficient (Wildman–Crippen LogP) is 0.850. The maximum Gasteiger partial charge on any atom is 0.189 e. The standard InChI is InChI=1S/C10H23N3O/c1-9(2,3)12-8(11)13-10(4,5)6-7-14/h14H,6-7H2,1-5H3,(H3,11,12,13). The van der Waals surface area contributed by atoms with E-state index in [1.807, 2.05) is 34.6 Å². The smallest absolute Gasteiger partial charge is 0.189 e. The Labute approximate surface area is 86.6 Å². The van der Waals surface area contributed by atoms with E-state index in [1.54, 1.807) is 0 Å². The van der Waals surface area contributed by atoms with Crippen LogP contribution in [0.1, 0.15) is 41.0 Å². The number of rotatable bonds is 3. The summed E-state index contributed by atoms with van der Waals surface area (Å²) in [7, 11) is 0. The van der Waals surface area contributed by atoms with Crippen molar-refractivity contribution in [3.05, 3.63) is 0 Å². The van der Waals surface area contributed by atoms with Crippen molar-refractivity contribution in [2.45, 2.75) is 52.1 Å². The fourth-order valence-electron chi connectivity index (χ4n) is 1.07. The maximum atomic E-state index is 8.82. The third kappa shape index (κ3) is 6.71. The molecule has 0 atom stereocenters. The molecule has 0 rings (SSSR count). The molecule has 0 fully saturated rings. The summed E-state index contributed by atoms with van der Waals surface area (Å²) in [6.45, 7) is 10.1. The van der Waals surface area contributed by atoms with Gasteiger partial charge in [-0.2, -0.15) is 0 Å². The van der Waals surface area contributed by atoms with E-state index in [1.165, 1.54) is 0 Å². The molecular weight excluding hydrogens is 178 g/mol. The number of hydrogen-bond donors (Lipinski definition) is 3. The first kappa shape index (κ1) is 13.2. The fourth-order valence-corrected chi connectivity index (χ4v) is 1.07. The van der Waals surface area contributed by atoms with Crippen LogP contribution in [-0.2, 0) is 0 Å². The van der Waals surface area contributed by atoms with Gasteiger partial charge in [0.1, 0.15) is 0 Å². The van der Waals surface area contributed by atoms with Gasteiger partial charge in [0.2, 0.25) is 0 Å². The Bertz CT molecular complexity index is 204. The molecule has 0 bridgehead atoms. The molecule has 0 heterocycles. The summed E-state index contributed by atoms with van der Waals surface area (Å²) >= 11 is 0. The van der Waals surface area contributed by atoms with Crippen molar-refractivity contribution in [3.8, 4) is 0 Å². The van der Waals surface area contributed by atoms with Gasteiger partial charge in [-0.25, -0.2) is 4.99 Å². The van der Waals surface area contributed by atoms with Gasteiger partial charge in [-0.3, -0.25) is 0 Å². The van der Waals surface area contributed by atoms with Crippen LogP contribution >= 0.6 is 0 Å². The van der Waals surface area contributed by atoms with E-state index in [-0.39, 0.29) is 17.7 Å². The Kier molecular flexibility index (Phi) is 4.39. The highest BCUT2D eigenvalue weighted by atomic mass is 16.3. The highest BCUT2D eigenvalue weighted by Gasteiger charge is 2.17. The second kappa shape index (κ2) is 4.64. The van der Waals surface area contributed by atoms with Crippen LogP contribution in [0.2, 0.25) is 0 Å². The molecule has 0 spiro atoms. The molecule has 0 aromatic heterocycles. The van der Waals surface area contributed by atoms with Crippen LogP contribution in [0.4, 0.5) is 0 Å². The number of nitrogens with zero attached hydrogens (tertiary/aromatic N) is 1. The Hall–Kier alpha value is -0.770. The molecule has 0 aromatic carbocycles. The zero-order valence-corrected chi connectivity index (χ0v) is 9.89. The van der Waals surface area contributed by atoms with E-state index in [0.29, 0.717) is 12.4 Å². The summed E-state index contributed by atoms with van der Waals surface area (Å²) in [5, 5.41) is 11.9. The van der Waals surface area contributed by atoms with E-state index in [0.717, 1.165) is 0 Å². The van der Waals surface area contributed by atoms with Gasteiger partial charge in [0, 0.05) is 12.1 Å². The lowest BCUT2D eigenvalue weighted by molar-refractivity contribution is 0.254. The lowest BCUT2D eigenvalue weighted by atomic mass is 10.0. The van der Waals surface area contributed by atoms with Crippen molar-refractivity contribution < 1.29 is 5.11 Å². The molecule has 0 aliphatic carbocycles. The molecule has 0 aliphatic heterocycles. The van der Waals surface area contributed by atoms with Crippen molar-refractivity contribution >= 4 is 5.96 Å². The Morgan fingerprint density at radius 1 is 1.29 bits per heavy atom. The van der Waals surface area contributed by atoms with Gasteiger partial charge in [0.15, 0.2) is 5.96 Å². The molecular formula is C10H23N3O. The number of nitrogens with one attached hydrogen (secondary N) is 1. The fraction of sp³-hybridized carbons (Fsp3) is 0.900. The quantitative estimate of drug-likeness (QED) is 0.468. The second-order valence-corrected chi connectivity index (χ2v) is 5.16. The highest BCUT2D eigenvalue weighted by Crippen LogP contribution is 2.13. The Balaban J connectivity index is 4.36. The average molecular weight is 201 g/mol. The number of nitrogens with two attached hydrogens (primary N) is 1. The van der Waals surface area contributed by atoms with E-state index < -0.39 is 0 Å². The molecule has 84 valence electrons. The number of aliphatic imine (C=N–C) groups is 1. The van der Waals surface area contributed by atoms with Crippen LogP contribution < -0.4 is 11.1 Å². The van der Waals surface area contributed by atoms with Crippen LogP contribution in [0.25, 0.3) is 0 Å². The third-order valence-electron chi connectivity index (χ3n) is 1.65. The molecule has 0 amide bonds. The minimum atomic E-state index is -0.308. The summed E-state index contributed by atoms with van der Waals surface area (Å²) < 4.78 is 0. The number of hydrogen-bond acceptors (Lipinski definition) is 2. The Morgan fingerprint density at radius 2 is 1.79 bits per heavy atom. The minimum Gasteiger partial charge on any atom is -0.396 e. The first-order valence-electron chi connectivity index (χ1n) is 4.91. The van der Waals surface area contributed by atoms with Crippen LogP contribution in [-0.4, -0.2) is 28.8 Å². The lowest BCUT2D eigenvalue weighted by Crippen LogP contribution is -2.46. The van der Waals surface area contributed by atoms with Gasteiger partial charge >= 0.3 is 0 Å². The van der Waals surface area contributed by atoms with Crippen molar-refractivity contribution in [2.75, 3.05) is 6.61 Å². The van der Waals surface area contributed by atoms with E-state index in [2.05, 4.69) is 10.3 Å². The predicted molar refractivity (Wildman–Crippen MR) is 60.3 cm³/mol. The molecule has 0 unspecified atom stereocenters. The molecule has 4 heteroatoms. The SMILES string of the molecule is CC(C)(CCO)N=C(N)NC(C)(C)C. The zero-order chi connectivity index (χ0) is 11.4. The van der Waals surface area contributed by atoms with Gasteiger partial charge < -0.3 is 16.2 Å². The van der Waals surface area contributed by atoms with Gasteiger partial charge in [0.25, 0.3) is 0 Å². The molecule has 0 radical (unpaired) electrons. The topological polar surface area (TPSA) is 70.6 Å². The van der Waals surface area contributed by atoms with Crippen LogP contribution in [0, 0.1) is 0 Å². The van der Waals surface area contributed by atoms with Gasteiger partial charge in [0.05, 0.1) is 5.54 Å². The van der Waals surface area contributed by atoms with E-state index in [4.69, 9.17) is 10.8 Å². The summed E-state index contributed by atoms with van der Waals surface area (Å²) in [4.78, 5) is 4.31. The highest BCUT2D eigenvalue weighted by molar-refractivity contribution is 5.78. The molecule has 0 aliphatic rings. The third-order valence-corrected chi connectivity index (χ3v) is 1.65. The van der Waals surface area contributed by atoms with Crippen LogP contribution in [0.15, 0.2) is 4.99 Å². The number of aliphatic hydroxyl groups is 1. The lowest BCUT2D eigenvalue weighted by Gasteiger charge is -2.24. The minimum absolute atomic E-state index is 0.0805. The zero-order valence-electron chi connectivity index (χ0n) is 9.89. The maximum absolute atomic E-state index is 8.82. The molecule has 0 aromatic rings. The summed E-state index contributed by atoms with van der Waals surface area (Å²) in [5.41, 5.74) is 5.34. The van der Waals surface area contributed by atoms with Gasteiger partial charge in [-0.05, 0) is 41.0 Å². The van der Waals surface area contributed by atoms with Crippen molar-refractivity contribution in [2.24, 2.45) is 10.7 Å². The van der Waals surface area contributed by atoms with Crippen molar-refractivity contribution in [3.63, 3.8) is 0 Å². The van der Waals surface area contributed by atoms with Crippen molar-refractivity contribution in [1.82, 2.24) is 5.32 Å². The van der Waals surface area contributed by atoms with E-state index in [9.17, 15) is 0 Å². The molecule has 4 N–H and O–H groups in total. The second-order valence-electron chi connectivity index (χ2n) is 5.16. The van der Waals surface area contributed by atoms with Gasteiger partial charge in [-0.1, -0.05) is 0 Å². The first-order valence-corrected chi connectivity index (χ1v) is 4.91. The molecule has 4 nitrogen and oxygen atoms in total. The number of guanidine groups is 1. The normalized spacial score (nSPS) is 14.3. The first-order chi connectivity index (χ1) is 6.16. The Morgan fingerprint density at radius 3 is 2.14 bits per heavy atom.